The van der Waals surface area contributed by atoms with E-state index in [2.05, 4.69) is 9.73 Å². The fourth-order valence-corrected chi connectivity index (χ4v) is 2.25. The Hall–Kier alpha value is -3.42. The molecule has 0 fully saturated rings. The molecule has 0 radical (unpaired) electrons. The molecule has 0 saturated heterocycles. The van der Waals surface area contributed by atoms with Gasteiger partial charge < -0.3 is 9.84 Å². The van der Waals surface area contributed by atoms with Crippen molar-refractivity contribution >= 4 is 29.4 Å². The van der Waals surface area contributed by atoms with Crippen LogP contribution in [0.3, 0.4) is 0 Å². The Bertz CT molecular complexity index is 945. The molecular weight excluding hydrogens is 375 g/mol. The average Bonchev–Trinajstić information content (AvgIpc) is 2.67. The summed E-state index contributed by atoms with van der Waals surface area (Å²) in [6.07, 6.45) is -4.63. The lowest BCUT2D eigenvalue weighted by Crippen LogP contribution is -2.26. The number of aliphatic hydroxyl groups is 1. The number of hydrogen-bond donors (Lipinski definition) is 1. The number of aryl methyl sites for hydroxylation is 1. The van der Waals surface area contributed by atoms with Gasteiger partial charge in [-0.3, -0.25) is 9.79 Å². The van der Waals surface area contributed by atoms with Crippen LogP contribution in [-0.4, -0.2) is 36.4 Å². The van der Waals surface area contributed by atoms with Gasteiger partial charge in [0.05, 0.1) is 23.9 Å². The number of allylic oxidation sites excluding steroid dienone is 1. The zero-order valence-corrected chi connectivity index (χ0v) is 14.9. The van der Waals surface area contributed by atoms with Gasteiger partial charge in [0.1, 0.15) is 5.76 Å². The number of hydrogen-bond acceptors (Lipinski definition) is 5. The maximum Gasteiger partial charge on any atom is 0.455 e. The fraction of sp³-hybridized carbons (Fsp3) is 0.150. The van der Waals surface area contributed by atoms with Crippen LogP contribution < -0.4 is 0 Å². The van der Waals surface area contributed by atoms with Crippen molar-refractivity contribution in [2.24, 2.45) is 4.99 Å². The Kier molecular flexibility index (Phi) is 6.35. The smallest absolute Gasteiger partial charge is 0.455 e. The van der Waals surface area contributed by atoms with Gasteiger partial charge in [0.2, 0.25) is 0 Å². The first-order valence-electron chi connectivity index (χ1n) is 7.98. The van der Waals surface area contributed by atoms with Crippen LogP contribution in [-0.2, 0) is 9.53 Å². The van der Waals surface area contributed by atoms with Gasteiger partial charge in [-0.15, -0.1) is 0 Å². The highest BCUT2D eigenvalue weighted by Gasteiger charge is 2.41. The maximum atomic E-state index is 13.0. The van der Waals surface area contributed by atoms with E-state index in [-0.39, 0.29) is 16.8 Å². The third-order valence-electron chi connectivity index (χ3n) is 3.72. The second-order valence-corrected chi connectivity index (χ2v) is 5.72. The highest BCUT2D eigenvalue weighted by Crippen LogP contribution is 2.26. The molecule has 0 atom stereocenters. The third kappa shape index (κ3) is 4.85. The van der Waals surface area contributed by atoms with Crippen LogP contribution in [0.2, 0.25) is 0 Å². The first kappa shape index (κ1) is 20.9. The summed E-state index contributed by atoms with van der Waals surface area (Å²) in [6.45, 7) is 1.76. The molecule has 5 nitrogen and oxygen atoms in total. The van der Waals surface area contributed by atoms with Gasteiger partial charge in [-0.1, -0.05) is 42.0 Å². The largest absolute Gasteiger partial charge is 0.506 e. The van der Waals surface area contributed by atoms with E-state index >= 15 is 0 Å². The molecule has 0 saturated carbocycles. The molecule has 0 bridgehead atoms. The standard InChI is InChI=1S/C20H16F3NO4/c1-12-7-9-13(10-8-12)17(25)15(18(26)20(21,22)23)11-24-16-6-4-3-5-14(16)19(27)28-2/h3-11,25H,1-2H3/b17-15+,24-11?. The van der Waals surface area contributed by atoms with Crippen LogP contribution in [0, 0.1) is 6.92 Å². The number of aliphatic imine (C=N–C) groups is 1. The lowest BCUT2D eigenvalue weighted by atomic mass is 10.0. The number of alkyl halides is 3. The number of nitrogens with zero attached hydrogens (tertiary/aromatic N) is 1. The van der Waals surface area contributed by atoms with Crippen molar-refractivity contribution in [2.45, 2.75) is 13.1 Å². The van der Waals surface area contributed by atoms with Crippen molar-refractivity contribution in [2.75, 3.05) is 7.11 Å². The normalized spacial score (nSPS) is 12.6. The molecule has 2 aromatic rings. The second-order valence-electron chi connectivity index (χ2n) is 5.72. The molecular formula is C20H16F3NO4. The molecule has 8 heteroatoms. The van der Waals surface area contributed by atoms with Crippen molar-refractivity contribution in [3.63, 3.8) is 0 Å². The van der Waals surface area contributed by atoms with Crippen LogP contribution >= 0.6 is 0 Å². The summed E-state index contributed by atoms with van der Waals surface area (Å²) in [5.74, 6) is -3.88. The minimum absolute atomic E-state index is 0.00474. The lowest BCUT2D eigenvalue weighted by Gasteiger charge is -2.10. The average molecular weight is 391 g/mol. The van der Waals surface area contributed by atoms with Gasteiger partial charge >= 0.3 is 12.1 Å². The number of ether oxygens (including phenoxy) is 1. The second kappa shape index (κ2) is 8.51. The maximum absolute atomic E-state index is 13.0. The molecule has 2 aromatic carbocycles. The number of halogens is 3. The highest BCUT2D eigenvalue weighted by atomic mass is 19.4. The topological polar surface area (TPSA) is 76.0 Å². The molecule has 0 aromatic heterocycles. The number of para-hydroxylation sites is 1. The monoisotopic (exact) mass is 391 g/mol. The molecule has 146 valence electrons. The van der Waals surface area contributed by atoms with E-state index in [0.29, 0.717) is 6.21 Å². The zero-order valence-electron chi connectivity index (χ0n) is 14.9. The summed E-state index contributed by atoms with van der Waals surface area (Å²) >= 11 is 0. The van der Waals surface area contributed by atoms with E-state index < -0.39 is 29.3 Å². The first-order chi connectivity index (χ1) is 13.1. The van der Waals surface area contributed by atoms with Crippen molar-refractivity contribution in [3.8, 4) is 0 Å². The molecule has 2 rings (SSSR count). The van der Waals surface area contributed by atoms with Gasteiger partial charge in [-0.2, -0.15) is 13.2 Å². The number of esters is 1. The number of aliphatic hydroxyl groups excluding tert-OH is 1. The van der Waals surface area contributed by atoms with Gasteiger partial charge in [0.25, 0.3) is 5.78 Å². The van der Waals surface area contributed by atoms with Crippen molar-refractivity contribution < 1.29 is 32.6 Å². The number of carbonyl (C=O) groups is 2. The third-order valence-corrected chi connectivity index (χ3v) is 3.72. The lowest BCUT2D eigenvalue weighted by molar-refractivity contribution is -0.165. The minimum atomic E-state index is -5.22. The number of benzene rings is 2. The van der Waals surface area contributed by atoms with E-state index in [9.17, 15) is 27.9 Å². The predicted molar refractivity (Wildman–Crippen MR) is 97.7 cm³/mol. The minimum Gasteiger partial charge on any atom is -0.506 e. The van der Waals surface area contributed by atoms with Crippen LogP contribution in [0.1, 0.15) is 21.5 Å². The summed E-state index contributed by atoms with van der Waals surface area (Å²) in [6, 6.07) is 11.7. The van der Waals surface area contributed by atoms with Crippen molar-refractivity contribution in [1.82, 2.24) is 0 Å². The molecule has 0 spiro atoms. The molecule has 28 heavy (non-hydrogen) atoms. The van der Waals surface area contributed by atoms with E-state index in [1.165, 1.54) is 36.4 Å². The zero-order chi connectivity index (χ0) is 20.9. The molecule has 0 aliphatic heterocycles. The molecule has 0 aliphatic rings. The number of Topliss-reactive ketones (excluding diaryl/α,β-unsaturated/α-hetero) is 1. The van der Waals surface area contributed by atoms with E-state index in [1.807, 2.05) is 0 Å². The molecule has 0 unspecified atom stereocenters. The molecule has 0 amide bonds. The van der Waals surface area contributed by atoms with Crippen LogP contribution in [0.5, 0.6) is 0 Å². The Morgan fingerprint density at radius 1 is 1.07 bits per heavy atom. The highest BCUT2D eigenvalue weighted by molar-refractivity contribution is 6.20. The summed E-state index contributed by atoms with van der Waals surface area (Å²) in [4.78, 5) is 27.4. The molecule has 0 aliphatic carbocycles. The summed E-state index contributed by atoms with van der Waals surface area (Å²) in [7, 11) is 1.14. The van der Waals surface area contributed by atoms with Crippen LogP contribution in [0.25, 0.3) is 5.76 Å². The quantitative estimate of drug-likeness (QED) is 0.350. The first-order valence-corrected chi connectivity index (χ1v) is 7.98. The molecule has 0 heterocycles. The number of methoxy groups -OCH3 is 1. The number of carbonyl (C=O) groups excluding carboxylic acids is 2. The summed E-state index contributed by atoms with van der Waals surface area (Å²) < 4.78 is 43.6. The Morgan fingerprint density at radius 3 is 2.25 bits per heavy atom. The van der Waals surface area contributed by atoms with E-state index in [0.717, 1.165) is 12.7 Å². The van der Waals surface area contributed by atoms with Gasteiger partial charge in [-0.25, -0.2) is 4.79 Å². The van der Waals surface area contributed by atoms with Crippen molar-refractivity contribution in [3.05, 3.63) is 70.8 Å². The van der Waals surface area contributed by atoms with Gasteiger partial charge in [0, 0.05) is 11.8 Å². The summed E-state index contributed by atoms with van der Waals surface area (Å²) in [5.41, 5.74) is -0.226. The van der Waals surface area contributed by atoms with Gasteiger partial charge in [-0.05, 0) is 19.1 Å². The predicted octanol–water partition coefficient (Wildman–Crippen LogP) is 4.58. The van der Waals surface area contributed by atoms with E-state index in [4.69, 9.17) is 0 Å². The van der Waals surface area contributed by atoms with Crippen LogP contribution in [0.15, 0.2) is 59.1 Å². The number of ketones is 1. The summed E-state index contributed by atoms with van der Waals surface area (Å²) in [5, 5.41) is 10.3. The Morgan fingerprint density at radius 2 is 1.68 bits per heavy atom. The van der Waals surface area contributed by atoms with Gasteiger partial charge in [0.15, 0.2) is 0 Å². The number of rotatable bonds is 5. The van der Waals surface area contributed by atoms with Crippen LogP contribution in [0.4, 0.5) is 18.9 Å². The van der Waals surface area contributed by atoms with Crippen molar-refractivity contribution in [1.29, 1.82) is 0 Å². The fourth-order valence-electron chi connectivity index (χ4n) is 2.25. The Balaban J connectivity index is 2.57. The van der Waals surface area contributed by atoms with E-state index in [1.54, 1.807) is 19.1 Å². The molecule has 1 N–H and O–H groups in total. The SMILES string of the molecule is COC(=O)c1ccccc1N=C/C(C(=O)C(F)(F)F)=C(\O)c1ccc(C)cc1. The Labute approximate surface area is 158 Å².